The fourth-order valence-corrected chi connectivity index (χ4v) is 2.15. The van der Waals surface area contributed by atoms with Crippen molar-refractivity contribution < 1.29 is 13.7 Å². The maximum absolute atomic E-state index is 11.2. The summed E-state index contributed by atoms with van der Waals surface area (Å²) in [7, 11) is 0. The van der Waals surface area contributed by atoms with Crippen molar-refractivity contribution in [2.24, 2.45) is 5.92 Å². The maximum atomic E-state index is 11.2. The Morgan fingerprint density at radius 3 is 2.30 bits per heavy atom. The van der Waals surface area contributed by atoms with Crippen molar-refractivity contribution in [2.45, 2.75) is 53.4 Å². The molecule has 130 valence electrons. The summed E-state index contributed by atoms with van der Waals surface area (Å²) in [5, 5.41) is 19.1. The molecule has 7 heteroatoms. The summed E-state index contributed by atoms with van der Waals surface area (Å²) in [4.78, 5) is 10.3. The fraction of sp³-hybridized carbons (Fsp3) is 0.562. The second-order valence-corrected chi connectivity index (χ2v) is 5.83. The van der Waals surface area contributed by atoms with Crippen molar-refractivity contribution in [3.63, 3.8) is 0 Å². The molecule has 0 aliphatic heterocycles. The number of benzene rings is 1. The van der Waals surface area contributed by atoms with E-state index in [1.54, 1.807) is 6.92 Å². The lowest BCUT2D eigenvalue weighted by Gasteiger charge is -2.12. The number of nitrogens with zero attached hydrogens (tertiary/aromatic N) is 1. The lowest BCUT2D eigenvalue weighted by molar-refractivity contribution is -0.385. The Balaban J connectivity index is 0.000000585. The average molecular weight is 349 g/mol. The normalized spacial score (nSPS) is 10.5. The zero-order chi connectivity index (χ0) is 18.2. The van der Waals surface area contributed by atoms with Gasteiger partial charge < -0.3 is 5.41 Å². The highest BCUT2D eigenvalue weighted by molar-refractivity contribution is 6.34. The van der Waals surface area contributed by atoms with Gasteiger partial charge in [-0.3, -0.25) is 10.1 Å². The van der Waals surface area contributed by atoms with E-state index < -0.39 is 11.3 Å². The van der Waals surface area contributed by atoms with Crippen LogP contribution in [-0.2, 0) is 0 Å². The van der Waals surface area contributed by atoms with Gasteiger partial charge in [-0.1, -0.05) is 38.8 Å². The molecule has 0 radical (unpaired) electrons. The lowest BCUT2D eigenvalue weighted by atomic mass is 9.95. The van der Waals surface area contributed by atoms with Gasteiger partial charge in [-0.25, -0.2) is 8.78 Å². The largest absolute Gasteiger partial charge is 0.304 e. The van der Waals surface area contributed by atoms with E-state index >= 15 is 0 Å². The Morgan fingerprint density at radius 2 is 1.96 bits per heavy atom. The minimum absolute atomic E-state index is 0.00444. The van der Waals surface area contributed by atoms with Crippen LogP contribution in [0, 0.1) is 28.4 Å². The van der Waals surface area contributed by atoms with Gasteiger partial charge in [0.2, 0.25) is 6.43 Å². The summed E-state index contributed by atoms with van der Waals surface area (Å²) in [5.74, 6) is -0.0156. The number of nitro benzene ring substituents is 1. The first-order valence-electron chi connectivity index (χ1n) is 7.43. The van der Waals surface area contributed by atoms with Crippen LogP contribution in [0.2, 0.25) is 5.02 Å². The van der Waals surface area contributed by atoms with Gasteiger partial charge in [-0.2, -0.15) is 0 Å². The molecule has 0 aliphatic carbocycles. The lowest BCUT2D eigenvalue weighted by Crippen LogP contribution is -2.11. The Labute approximate surface area is 140 Å². The van der Waals surface area contributed by atoms with Crippen LogP contribution in [0.1, 0.15) is 51.2 Å². The molecule has 1 rings (SSSR count). The molecule has 0 fully saturated rings. The SMILES string of the molecule is CCCCC(F)F.Cc1c([N+](=O)[O-])ccc(Cl)c1C(=N)C(C)C. The van der Waals surface area contributed by atoms with Crippen molar-refractivity contribution in [3.05, 3.63) is 38.4 Å². The highest BCUT2D eigenvalue weighted by Crippen LogP contribution is 2.29. The summed E-state index contributed by atoms with van der Waals surface area (Å²) in [6.07, 6.45) is -0.515. The molecule has 0 amide bonds. The number of alkyl halides is 2. The Bertz CT molecular complexity index is 549. The van der Waals surface area contributed by atoms with Crippen molar-refractivity contribution in [3.8, 4) is 0 Å². The molecule has 0 aliphatic rings. The van der Waals surface area contributed by atoms with Crippen LogP contribution in [-0.4, -0.2) is 17.1 Å². The highest BCUT2D eigenvalue weighted by atomic mass is 35.5. The predicted molar refractivity (Wildman–Crippen MR) is 90.0 cm³/mol. The number of halogens is 3. The molecule has 0 aromatic heterocycles. The molecule has 0 saturated carbocycles. The third-order valence-corrected chi connectivity index (χ3v) is 3.52. The number of rotatable bonds is 6. The fourth-order valence-electron chi connectivity index (χ4n) is 1.84. The number of nitrogens with one attached hydrogen (secondary N) is 1. The van der Waals surface area contributed by atoms with Crippen LogP contribution < -0.4 is 0 Å². The molecule has 0 atom stereocenters. The van der Waals surface area contributed by atoms with Crippen molar-refractivity contribution in [1.82, 2.24) is 0 Å². The van der Waals surface area contributed by atoms with Gasteiger partial charge in [0.15, 0.2) is 0 Å². The number of unbranched alkanes of at least 4 members (excludes halogenated alkanes) is 1. The van der Waals surface area contributed by atoms with Crippen LogP contribution in [0.25, 0.3) is 0 Å². The summed E-state index contributed by atoms with van der Waals surface area (Å²) in [5.41, 5.74) is 1.26. The Hall–Kier alpha value is -1.56. The van der Waals surface area contributed by atoms with Crippen LogP contribution in [0.15, 0.2) is 12.1 Å². The Morgan fingerprint density at radius 1 is 1.39 bits per heavy atom. The minimum atomic E-state index is -2.10. The van der Waals surface area contributed by atoms with Crippen molar-refractivity contribution in [2.75, 3.05) is 0 Å². The van der Waals surface area contributed by atoms with Crippen LogP contribution in [0.3, 0.4) is 0 Å². The zero-order valence-corrected chi connectivity index (χ0v) is 14.6. The van der Waals surface area contributed by atoms with Gasteiger partial charge in [0.1, 0.15) is 0 Å². The van der Waals surface area contributed by atoms with Gasteiger partial charge in [-0.15, -0.1) is 0 Å². The third-order valence-electron chi connectivity index (χ3n) is 3.20. The molecule has 0 spiro atoms. The van der Waals surface area contributed by atoms with E-state index in [1.165, 1.54) is 12.1 Å². The first kappa shape index (κ1) is 21.4. The molecule has 23 heavy (non-hydrogen) atoms. The average Bonchev–Trinajstić information content (AvgIpc) is 2.45. The van der Waals surface area contributed by atoms with Gasteiger partial charge in [-0.05, 0) is 25.3 Å². The number of hydrogen-bond acceptors (Lipinski definition) is 3. The molecular weight excluding hydrogens is 326 g/mol. The minimum Gasteiger partial charge on any atom is -0.304 e. The number of nitro groups is 1. The molecule has 0 saturated heterocycles. The smallest absolute Gasteiger partial charge is 0.273 e. The topological polar surface area (TPSA) is 67.0 Å². The quantitative estimate of drug-likeness (QED) is 0.388. The van der Waals surface area contributed by atoms with E-state index in [0.717, 1.165) is 6.42 Å². The molecule has 1 aromatic carbocycles. The van der Waals surface area contributed by atoms with E-state index in [-0.39, 0.29) is 18.0 Å². The third kappa shape index (κ3) is 7.03. The van der Waals surface area contributed by atoms with E-state index in [9.17, 15) is 18.9 Å². The van der Waals surface area contributed by atoms with Crippen molar-refractivity contribution >= 4 is 23.0 Å². The molecule has 0 bridgehead atoms. The Kier molecular flexibility index (Phi) is 9.56. The first-order chi connectivity index (χ1) is 10.6. The molecule has 4 nitrogen and oxygen atoms in total. The highest BCUT2D eigenvalue weighted by Gasteiger charge is 2.20. The second-order valence-electron chi connectivity index (χ2n) is 5.43. The maximum Gasteiger partial charge on any atom is 0.273 e. The van der Waals surface area contributed by atoms with Gasteiger partial charge in [0.25, 0.3) is 5.69 Å². The first-order valence-corrected chi connectivity index (χ1v) is 7.81. The molecule has 0 unspecified atom stereocenters. The summed E-state index contributed by atoms with van der Waals surface area (Å²) >= 11 is 5.98. The molecule has 0 heterocycles. The molecule has 1 aromatic rings. The number of hydrogen-bond donors (Lipinski definition) is 1. The standard InChI is InChI=1S/C11H13ClN2O2.C5H10F2/c1-6(2)11(13)10-7(3)9(14(15)16)5-4-8(10)12;1-2-3-4-5(6)7/h4-6,13H,1-3H3;5H,2-4H2,1H3. The predicted octanol–water partition coefficient (Wildman–Crippen LogP) is 6.02. The van der Waals surface area contributed by atoms with Gasteiger partial charge in [0.05, 0.1) is 9.95 Å². The van der Waals surface area contributed by atoms with Crippen LogP contribution >= 0.6 is 11.6 Å². The zero-order valence-electron chi connectivity index (χ0n) is 13.8. The van der Waals surface area contributed by atoms with Gasteiger partial charge >= 0.3 is 0 Å². The summed E-state index contributed by atoms with van der Waals surface area (Å²) < 4.78 is 22.4. The van der Waals surface area contributed by atoms with E-state index in [2.05, 4.69) is 0 Å². The van der Waals surface area contributed by atoms with E-state index in [4.69, 9.17) is 17.0 Å². The second kappa shape index (κ2) is 10.3. The van der Waals surface area contributed by atoms with E-state index in [1.807, 2.05) is 20.8 Å². The van der Waals surface area contributed by atoms with Crippen LogP contribution in [0.5, 0.6) is 0 Å². The molecular formula is C16H23ClF2N2O2. The summed E-state index contributed by atoms with van der Waals surface area (Å²) in [6, 6.07) is 2.84. The van der Waals surface area contributed by atoms with E-state index in [0.29, 0.717) is 28.3 Å². The van der Waals surface area contributed by atoms with Crippen LogP contribution in [0.4, 0.5) is 14.5 Å². The monoisotopic (exact) mass is 348 g/mol. The molecule has 1 N–H and O–H groups in total. The van der Waals surface area contributed by atoms with Crippen molar-refractivity contribution in [1.29, 1.82) is 5.41 Å². The van der Waals surface area contributed by atoms with Gasteiger partial charge in [0, 0.05) is 29.3 Å². The summed E-state index contributed by atoms with van der Waals surface area (Å²) in [6.45, 7) is 7.24.